The molecule has 29 heavy (non-hydrogen) atoms. The summed E-state index contributed by atoms with van der Waals surface area (Å²) >= 11 is 0. The van der Waals surface area contributed by atoms with Crippen molar-refractivity contribution >= 4 is 10.0 Å². The molecule has 154 valence electrons. The predicted octanol–water partition coefficient (Wildman–Crippen LogP) is 3.58. The molecule has 0 amide bonds. The zero-order chi connectivity index (χ0) is 21.2. The molecule has 0 saturated carbocycles. The monoisotopic (exact) mass is 413 g/mol. The summed E-state index contributed by atoms with van der Waals surface area (Å²) in [4.78, 5) is 0.200. The minimum atomic E-state index is -3.64. The molecule has 3 aromatic rings. The number of aromatic nitrogens is 4. The number of nitrogens with one attached hydrogen (secondary N) is 1. The first-order valence-corrected chi connectivity index (χ1v) is 11.1. The van der Waals surface area contributed by atoms with Gasteiger partial charge in [0.15, 0.2) is 5.82 Å². The highest BCUT2D eigenvalue weighted by atomic mass is 32.2. The van der Waals surface area contributed by atoms with E-state index >= 15 is 0 Å². The van der Waals surface area contributed by atoms with Gasteiger partial charge in [-0.15, -0.1) is 10.2 Å². The lowest BCUT2D eigenvalue weighted by Crippen LogP contribution is -2.26. The molecule has 1 N–H and O–H groups in total. The maximum atomic E-state index is 12.8. The topological polar surface area (TPSA) is 89.8 Å². The largest absolute Gasteiger partial charge is 0.244 e. The molecule has 8 heteroatoms. The zero-order valence-corrected chi connectivity index (χ0v) is 18.3. The second-order valence-electron chi connectivity index (χ2n) is 7.63. The van der Waals surface area contributed by atoms with Crippen LogP contribution in [0.5, 0.6) is 0 Å². The number of rotatable bonds is 7. The molecule has 0 bridgehead atoms. The van der Waals surface area contributed by atoms with Crippen LogP contribution in [0.3, 0.4) is 0 Å². The molecule has 0 saturated heterocycles. The average Bonchev–Trinajstić information content (AvgIpc) is 2.97. The van der Waals surface area contributed by atoms with Crippen molar-refractivity contribution in [1.29, 1.82) is 0 Å². The Morgan fingerprint density at radius 2 is 1.69 bits per heavy atom. The van der Waals surface area contributed by atoms with Crippen LogP contribution in [0.25, 0.3) is 17.1 Å². The molecule has 0 aliphatic rings. The molecule has 0 aliphatic carbocycles. The van der Waals surface area contributed by atoms with E-state index < -0.39 is 10.0 Å². The zero-order valence-electron chi connectivity index (χ0n) is 17.5. The van der Waals surface area contributed by atoms with Crippen LogP contribution in [0.2, 0.25) is 0 Å². The molecular formula is C21H27N5O2S. The fourth-order valence-electron chi connectivity index (χ4n) is 3.11. The van der Waals surface area contributed by atoms with Gasteiger partial charge in [-0.25, -0.2) is 17.8 Å². The molecule has 3 rings (SSSR count). The Bertz CT molecular complexity index is 1090. The average molecular weight is 414 g/mol. The van der Waals surface area contributed by atoms with Gasteiger partial charge < -0.3 is 0 Å². The minimum absolute atomic E-state index is 0.200. The van der Waals surface area contributed by atoms with E-state index in [-0.39, 0.29) is 4.90 Å². The summed E-state index contributed by atoms with van der Waals surface area (Å²) in [7, 11) is -3.64. The number of sulfonamides is 1. The molecule has 0 unspecified atom stereocenters. The highest BCUT2D eigenvalue weighted by molar-refractivity contribution is 7.89. The minimum Gasteiger partial charge on any atom is -0.216 e. The van der Waals surface area contributed by atoms with E-state index in [9.17, 15) is 8.42 Å². The first-order chi connectivity index (χ1) is 13.7. The highest BCUT2D eigenvalue weighted by Gasteiger charge is 2.25. The van der Waals surface area contributed by atoms with E-state index in [1.165, 1.54) is 10.2 Å². The summed E-state index contributed by atoms with van der Waals surface area (Å²) in [5.41, 5.74) is 3.84. The fourth-order valence-corrected chi connectivity index (χ4v) is 4.55. The van der Waals surface area contributed by atoms with Gasteiger partial charge in [0, 0.05) is 12.1 Å². The molecule has 2 heterocycles. The van der Waals surface area contributed by atoms with Crippen LogP contribution in [-0.4, -0.2) is 34.9 Å². The number of hydrogen-bond donors (Lipinski definition) is 1. The van der Waals surface area contributed by atoms with Crippen LogP contribution in [0.1, 0.15) is 37.2 Å². The van der Waals surface area contributed by atoms with Gasteiger partial charge in [-0.1, -0.05) is 43.7 Å². The summed E-state index contributed by atoms with van der Waals surface area (Å²) in [6, 6.07) is 11.7. The van der Waals surface area contributed by atoms with Crippen LogP contribution >= 0.6 is 0 Å². The Kier molecular flexibility index (Phi) is 6.14. The SMILES string of the molecule is Cc1ccc(-c2ccc(-n3nc(C)c(S(=O)(=O)NCCC(C)C)c3C)nn2)cc1. The van der Waals surface area contributed by atoms with Gasteiger partial charge in [0.25, 0.3) is 0 Å². The standard InChI is InChI=1S/C21H27N5O2S/c1-14(2)12-13-22-29(27,28)21-16(4)25-26(17(21)5)20-11-10-19(23-24-20)18-8-6-15(3)7-9-18/h6-11,14,22H,12-13H2,1-5H3. The Morgan fingerprint density at radius 3 is 2.28 bits per heavy atom. The normalized spacial score (nSPS) is 11.9. The summed E-state index contributed by atoms with van der Waals surface area (Å²) in [6.07, 6.45) is 0.775. The van der Waals surface area contributed by atoms with Gasteiger partial charge in [0.1, 0.15) is 4.90 Å². The number of aryl methyl sites for hydroxylation is 2. The molecule has 2 aromatic heterocycles. The Balaban J connectivity index is 1.88. The number of hydrogen-bond acceptors (Lipinski definition) is 5. The Morgan fingerprint density at radius 1 is 1.00 bits per heavy atom. The third kappa shape index (κ3) is 4.71. The van der Waals surface area contributed by atoms with Gasteiger partial charge in [-0.3, -0.25) is 0 Å². The van der Waals surface area contributed by atoms with Crippen molar-refractivity contribution in [3.8, 4) is 17.1 Å². The van der Waals surface area contributed by atoms with Gasteiger partial charge in [-0.2, -0.15) is 5.10 Å². The van der Waals surface area contributed by atoms with Crippen molar-refractivity contribution in [2.75, 3.05) is 6.54 Å². The number of benzene rings is 1. The molecule has 0 aliphatic heterocycles. The van der Waals surface area contributed by atoms with Gasteiger partial charge in [0.2, 0.25) is 10.0 Å². The van der Waals surface area contributed by atoms with Crippen molar-refractivity contribution in [1.82, 2.24) is 24.7 Å². The molecule has 0 radical (unpaired) electrons. The van der Waals surface area contributed by atoms with Crippen LogP contribution < -0.4 is 4.72 Å². The first kappa shape index (κ1) is 21.1. The third-order valence-electron chi connectivity index (χ3n) is 4.72. The lowest BCUT2D eigenvalue weighted by molar-refractivity contribution is 0.551. The van der Waals surface area contributed by atoms with E-state index in [4.69, 9.17) is 0 Å². The molecule has 0 atom stereocenters. The van der Waals surface area contributed by atoms with E-state index in [1.54, 1.807) is 19.9 Å². The lowest BCUT2D eigenvalue weighted by Gasteiger charge is -2.09. The lowest BCUT2D eigenvalue weighted by atomic mass is 10.1. The van der Waals surface area contributed by atoms with E-state index in [0.717, 1.165) is 17.7 Å². The van der Waals surface area contributed by atoms with Gasteiger partial charge in [0.05, 0.1) is 17.1 Å². The van der Waals surface area contributed by atoms with Gasteiger partial charge >= 0.3 is 0 Å². The maximum Gasteiger partial charge on any atom is 0.244 e. The molecule has 7 nitrogen and oxygen atoms in total. The van der Waals surface area contributed by atoms with Crippen molar-refractivity contribution in [3.63, 3.8) is 0 Å². The van der Waals surface area contributed by atoms with E-state index in [0.29, 0.717) is 29.7 Å². The Hall–Kier alpha value is -2.58. The second-order valence-corrected chi connectivity index (χ2v) is 9.34. The molecule has 0 fully saturated rings. The number of nitrogens with zero attached hydrogens (tertiary/aromatic N) is 4. The van der Waals surface area contributed by atoms with Crippen molar-refractivity contribution in [3.05, 3.63) is 53.3 Å². The molecule has 1 aromatic carbocycles. The smallest absolute Gasteiger partial charge is 0.216 e. The van der Waals surface area contributed by atoms with Crippen molar-refractivity contribution < 1.29 is 8.42 Å². The van der Waals surface area contributed by atoms with Gasteiger partial charge in [-0.05, 0) is 45.2 Å². The highest BCUT2D eigenvalue weighted by Crippen LogP contribution is 2.23. The fraction of sp³-hybridized carbons (Fsp3) is 0.381. The van der Waals surface area contributed by atoms with Crippen molar-refractivity contribution in [2.24, 2.45) is 5.92 Å². The summed E-state index contributed by atoms with van der Waals surface area (Å²) in [6.45, 7) is 9.96. The summed E-state index contributed by atoms with van der Waals surface area (Å²) in [5, 5.41) is 13.0. The third-order valence-corrected chi connectivity index (χ3v) is 6.43. The quantitative estimate of drug-likeness (QED) is 0.639. The van der Waals surface area contributed by atoms with E-state index in [1.807, 2.05) is 37.3 Å². The second kappa shape index (κ2) is 8.42. The predicted molar refractivity (Wildman–Crippen MR) is 113 cm³/mol. The van der Waals surface area contributed by atoms with Crippen LogP contribution in [0, 0.1) is 26.7 Å². The molecule has 0 spiro atoms. The maximum absolute atomic E-state index is 12.8. The summed E-state index contributed by atoms with van der Waals surface area (Å²) in [5.74, 6) is 0.898. The van der Waals surface area contributed by atoms with Crippen LogP contribution in [-0.2, 0) is 10.0 Å². The van der Waals surface area contributed by atoms with E-state index in [2.05, 4.69) is 33.9 Å². The Labute approximate surface area is 172 Å². The van der Waals surface area contributed by atoms with Crippen LogP contribution in [0.4, 0.5) is 0 Å². The molecular weight excluding hydrogens is 386 g/mol. The van der Waals surface area contributed by atoms with Crippen LogP contribution in [0.15, 0.2) is 41.3 Å². The van der Waals surface area contributed by atoms with Crippen molar-refractivity contribution in [2.45, 2.75) is 45.9 Å². The summed E-state index contributed by atoms with van der Waals surface area (Å²) < 4.78 is 29.7. The first-order valence-electron chi connectivity index (χ1n) is 9.66.